The summed E-state index contributed by atoms with van der Waals surface area (Å²) < 4.78 is 1.74. The van der Waals surface area contributed by atoms with Crippen molar-refractivity contribution in [2.45, 2.75) is 19.4 Å². The first-order valence-electron chi connectivity index (χ1n) is 9.87. The van der Waals surface area contributed by atoms with Crippen LogP contribution < -0.4 is 15.8 Å². The lowest BCUT2D eigenvalue weighted by atomic mass is 10.2. The van der Waals surface area contributed by atoms with Crippen LogP contribution in [0.2, 0.25) is 0 Å². The minimum Gasteiger partial charge on any atom is -0.368 e. The van der Waals surface area contributed by atoms with Crippen LogP contribution in [0.3, 0.4) is 0 Å². The van der Waals surface area contributed by atoms with E-state index in [1.54, 1.807) is 22.0 Å². The van der Waals surface area contributed by atoms with E-state index in [1.165, 1.54) is 24.2 Å². The van der Waals surface area contributed by atoms with Crippen LogP contribution in [0.15, 0.2) is 40.9 Å². The highest BCUT2D eigenvalue weighted by molar-refractivity contribution is 7.13. The molecular formula is C20H22N6O2S. The van der Waals surface area contributed by atoms with Gasteiger partial charge < -0.3 is 9.80 Å². The first kappa shape index (κ1) is 18.1. The van der Waals surface area contributed by atoms with E-state index in [1.807, 2.05) is 23.6 Å². The zero-order chi connectivity index (χ0) is 19.8. The van der Waals surface area contributed by atoms with Crippen molar-refractivity contribution >= 4 is 39.1 Å². The van der Waals surface area contributed by atoms with Gasteiger partial charge in [-0.25, -0.2) is 14.8 Å². The summed E-state index contributed by atoms with van der Waals surface area (Å²) in [6.07, 6.45) is 5.76. The number of nitrogens with one attached hydrogen (secondary N) is 1. The normalized spacial score (nSPS) is 17.0. The molecule has 0 unspecified atom stereocenters. The number of piperazine rings is 1. The molecule has 2 aliphatic rings. The molecule has 3 aromatic rings. The first-order valence-corrected chi connectivity index (χ1v) is 10.7. The fourth-order valence-corrected chi connectivity index (χ4v) is 4.19. The number of benzene rings is 1. The fraction of sp³-hybridized carbons (Fsp3) is 0.400. The van der Waals surface area contributed by atoms with E-state index in [-0.39, 0.29) is 11.6 Å². The van der Waals surface area contributed by atoms with E-state index >= 15 is 0 Å². The quantitative estimate of drug-likeness (QED) is 0.715. The average molecular weight is 411 g/mol. The van der Waals surface area contributed by atoms with Gasteiger partial charge in [-0.2, -0.15) is 0 Å². The molecule has 1 aromatic carbocycles. The van der Waals surface area contributed by atoms with Crippen LogP contribution in [-0.2, 0) is 6.54 Å². The molecule has 2 amide bonds. The number of hydrogen-bond acceptors (Lipinski definition) is 6. The molecular weight excluding hydrogens is 388 g/mol. The summed E-state index contributed by atoms with van der Waals surface area (Å²) >= 11 is 1.41. The lowest BCUT2D eigenvalue weighted by Gasteiger charge is -2.35. The molecule has 1 aliphatic heterocycles. The van der Waals surface area contributed by atoms with E-state index in [4.69, 9.17) is 0 Å². The maximum absolute atomic E-state index is 12.7. The Kier molecular flexibility index (Phi) is 4.67. The number of rotatable bonds is 4. The molecule has 2 aromatic heterocycles. The lowest BCUT2D eigenvalue weighted by molar-refractivity contribution is 0.208. The van der Waals surface area contributed by atoms with Gasteiger partial charge in [-0.15, -0.1) is 11.3 Å². The highest BCUT2D eigenvalue weighted by Crippen LogP contribution is 2.30. The Morgan fingerprint density at radius 3 is 2.72 bits per heavy atom. The number of fused-ring (bicyclic) bond motifs is 1. The number of carbonyl (C=O) groups is 1. The van der Waals surface area contributed by atoms with Gasteiger partial charge in [0, 0.05) is 50.0 Å². The molecule has 1 aliphatic carbocycles. The van der Waals surface area contributed by atoms with Crippen LogP contribution in [0, 0.1) is 5.92 Å². The van der Waals surface area contributed by atoms with Crippen molar-refractivity contribution < 1.29 is 4.79 Å². The highest BCUT2D eigenvalue weighted by Gasteiger charge is 2.24. The van der Waals surface area contributed by atoms with Crippen molar-refractivity contribution in [1.82, 2.24) is 19.4 Å². The summed E-state index contributed by atoms with van der Waals surface area (Å²) in [5.41, 5.74) is 1.80. The molecule has 0 atom stereocenters. The van der Waals surface area contributed by atoms with Crippen molar-refractivity contribution in [2.75, 3.05) is 36.4 Å². The second-order valence-electron chi connectivity index (χ2n) is 7.59. The molecule has 8 nitrogen and oxygen atoms in total. The summed E-state index contributed by atoms with van der Waals surface area (Å²) in [6, 6.07) is 5.73. The largest absolute Gasteiger partial charge is 0.368 e. The molecule has 0 spiro atoms. The molecule has 0 bridgehead atoms. The minimum absolute atomic E-state index is 0.0390. The van der Waals surface area contributed by atoms with Crippen LogP contribution in [0.5, 0.6) is 0 Å². The van der Waals surface area contributed by atoms with Gasteiger partial charge in [0.2, 0.25) is 0 Å². The second kappa shape index (κ2) is 7.47. The van der Waals surface area contributed by atoms with E-state index < -0.39 is 0 Å². The van der Waals surface area contributed by atoms with Crippen molar-refractivity contribution in [3.8, 4) is 0 Å². The molecule has 5 rings (SSSR count). The Hall–Kier alpha value is -2.94. The number of anilines is 2. The number of nitrogens with zero attached hydrogens (tertiary/aromatic N) is 5. The molecule has 29 heavy (non-hydrogen) atoms. The van der Waals surface area contributed by atoms with Crippen molar-refractivity contribution in [1.29, 1.82) is 0 Å². The van der Waals surface area contributed by atoms with E-state index in [0.29, 0.717) is 29.5 Å². The fourth-order valence-electron chi connectivity index (χ4n) is 3.68. The minimum atomic E-state index is -0.115. The van der Waals surface area contributed by atoms with Crippen molar-refractivity contribution in [3.63, 3.8) is 0 Å². The van der Waals surface area contributed by atoms with Crippen LogP contribution in [0.25, 0.3) is 10.9 Å². The van der Waals surface area contributed by atoms with Crippen molar-refractivity contribution in [2.24, 2.45) is 5.92 Å². The molecule has 0 radical (unpaired) electrons. The molecule has 1 saturated carbocycles. The predicted octanol–water partition coefficient (Wildman–Crippen LogP) is 2.62. The third-order valence-corrected chi connectivity index (χ3v) is 6.23. The Balaban J connectivity index is 1.26. The first-order chi connectivity index (χ1) is 14.2. The Morgan fingerprint density at radius 1 is 1.17 bits per heavy atom. The van der Waals surface area contributed by atoms with Gasteiger partial charge in [-0.1, -0.05) is 0 Å². The van der Waals surface area contributed by atoms with E-state index in [2.05, 4.69) is 20.2 Å². The molecule has 9 heteroatoms. The summed E-state index contributed by atoms with van der Waals surface area (Å²) in [7, 11) is 0. The van der Waals surface area contributed by atoms with Crippen LogP contribution in [-0.4, -0.2) is 51.6 Å². The average Bonchev–Trinajstić information content (AvgIpc) is 3.42. The third-order valence-electron chi connectivity index (χ3n) is 5.54. The second-order valence-corrected chi connectivity index (χ2v) is 8.48. The van der Waals surface area contributed by atoms with Crippen LogP contribution >= 0.6 is 11.3 Å². The van der Waals surface area contributed by atoms with E-state index in [0.717, 1.165) is 30.8 Å². The molecule has 150 valence electrons. The summed E-state index contributed by atoms with van der Waals surface area (Å²) in [5, 5.41) is 5.95. The lowest BCUT2D eigenvalue weighted by Crippen LogP contribution is -2.50. The topological polar surface area (TPSA) is 83.4 Å². The monoisotopic (exact) mass is 410 g/mol. The predicted molar refractivity (Wildman–Crippen MR) is 114 cm³/mol. The SMILES string of the molecule is O=C(Nc1nccs1)N1CCN(c2ccc3c(=O)n(CC4CC4)cnc3c2)CC1. The van der Waals surface area contributed by atoms with Crippen molar-refractivity contribution in [3.05, 3.63) is 46.5 Å². The smallest absolute Gasteiger partial charge is 0.323 e. The third kappa shape index (κ3) is 3.82. The maximum atomic E-state index is 12.7. The number of urea groups is 1. The van der Waals surface area contributed by atoms with Gasteiger partial charge in [-0.05, 0) is 37.0 Å². The molecule has 2 fully saturated rings. The Labute approximate surface area is 171 Å². The van der Waals surface area contributed by atoms with Gasteiger partial charge in [-0.3, -0.25) is 14.7 Å². The van der Waals surface area contributed by atoms with E-state index in [9.17, 15) is 9.59 Å². The zero-order valence-corrected chi connectivity index (χ0v) is 16.8. The van der Waals surface area contributed by atoms with Gasteiger partial charge in [0.15, 0.2) is 5.13 Å². The number of aromatic nitrogens is 3. The molecule has 1 N–H and O–H groups in total. The molecule has 3 heterocycles. The zero-order valence-electron chi connectivity index (χ0n) is 16.0. The van der Waals surface area contributed by atoms with Gasteiger partial charge in [0.1, 0.15) is 0 Å². The number of carbonyl (C=O) groups excluding carboxylic acids is 1. The Bertz CT molecular complexity index is 1080. The Morgan fingerprint density at radius 2 is 2.00 bits per heavy atom. The molecule has 1 saturated heterocycles. The summed E-state index contributed by atoms with van der Waals surface area (Å²) in [6.45, 7) is 3.50. The maximum Gasteiger partial charge on any atom is 0.323 e. The summed E-state index contributed by atoms with van der Waals surface area (Å²) in [5.74, 6) is 0.635. The summed E-state index contributed by atoms with van der Waals surface area (Å²) in [4.78, 5) is 37.7. The van der Waals surface area contributed by atoms with Crippen LogP contribution in [0.1, 0.15) is 12.8 Å². The number of hydrogen-bond donors (Lipinski definition) is 1. The highest BCUT2D eigenvalue weighted by atomic mass is 32.1. The standard InChI is InChI=1S/C20H22N6O2S/c27-18-16-4-3-15(11-17(16)22-13-26(18)12-14-1-2-14)24-6-8-25(9-7-24)20(28)23-19-21-5-10-29-19/h3-5,10-11,13-14H,1-2,6-9,12H2,(H,21,23,28). The number of thiazole rings is 1. The van der Waals surface area contributed by atoms with Gasteiger partial charge in [0.05, 0.1) is 17.2 Å². The number of amides is 2. The van der Waals surface area contributed by atoms with Gasteiger partial charge >= 0.3 is 6.03 Å². The van der Waals surface area contributed by atoms with Crippen LogP contribution in [0.4, 0.5) is 15.6 Å². The van der Waals surface area contributed by atoms with Gasteiger partial charge in [0.25, 0.3) is 5.56 Å².